The van der Waals surface area contributed by atoms with Crippen LogP contribution in [0.5, 0.6) is 0 Å². The maximum atomic E-state index is 10.7. The van der Waals surface area contributed by atoms with Crippen LogP contribution in [0.25, 0.3) is 16.8 Å². The summed E-state index contributed by atoms with van der Waals surface area (Å²) in [5.41, 5.74) is 4.21. The first-order valence-corrected chi connectivity index (χ1v) is 10.0. The first kappa shape index (κ1) is 20.2. The molecule has 0 atom stereocenters. The van der Waals surface area contributed by atoms with E-state index in [0.29, 0.717) is 22.2 Å². The molecule has 0 aliphatic carbocycles. The van der Waals surface area contributed by atoms with E-state index in [2.05, 4.69) is 54.5 Å². The molecular weight excluding hydrogens is 384 g/mol. The number of benzene rings is 2. The van der Waals surface area contributed by atoms with E-state index in [1.54, 1.807) is 18.3 Å². The number of thiazole rings is 1. The molecule has 0 aliphatic rings. The van der Waals surface area contributed by atoms with Crippen LogP contribution in [-0.2, 0) is 6.42 Å². The Bertz CT molecular complexity index is 1060. The molecule has 0 unspecified atom stereocenters. The van der Waals surface area contributed by atoms with Gasteiger partial charge in [0.15, 0.2) is 0 Å². The number of nitrogens with one attached hydrogen (secondary N) is 1. The third-order valence-electron chi connectivity index (χ3n) is 4.21. The number of non-ortho nitro benzene ring substituents is 1. The maximum absolute atomic E-state index is 10.7. The number of hydrogen-bond acceptors (Lipinski definition) is 6. The number of aromatic nitrogens is 1. The van der Waals surface area contributed by atoms with Crippen molar-refractivity contribution >= 4 is 28.3 Å². The van der Waals surface area contributed by atoms with Gasteiger partial charge < -0.3 is 5.32 Å². The van der Waals surface area contributed by atoms with Crippen LogP contribution in [0.2, 0.25) is 0 Å². The van der Waals surface area contributed by atoms with Crippen molar-refractivity contribution in [2.45, 2.75) is 20.3 Å². The van der Waals surface area contributed by atoms with Gasteiger partial charge in [-0.05, 0) is 30.0 Å². The normalized spacial score (nSPS) is 11.3. The summed E-state index contributed by atoms with van der Waals surface area (Å²) >= 11 is 1.40. The average Bonchev–Trinajstić information content (AvgIpc) is 3.19. The van der Waals surface area contributed by atoms with Crippen molar-refractivity contribution in [3.05, 3.63) is 80.8 Å². The van der Waals surface area contributed by atoms with Crippen LogP contribution in [0.15, 0.2) is 60.1 Å². The fourth-order valence-electron chi connectivity index (χ4n) is 2.79. The second-order valence-electron chi connectivity index (χ2n) is 6.95. The molecule has 0 bridgehead atoms. The van der Waals surface area contributed by atoms with Gasteiger partial charge in [0.05, 0.1) is 10.6 Å². The largest absolute Gasteiger partial charge is 0.360 e. The van der Waals surface area contributed by atoms with Gasteiger partial charge in [0.25, 0.3) is 5.69 Å². The van der Waals surface area contributed by atoms with Gasteiger partial charge >= 0.3 is 0 Å². The quantitative estimate of drug-likeness (QED) is 0.301. The second kappa shape index (κ2) is 9.13. The molecule has 3 aromatic rings. The minimum absolute atomic E-state index is 0.0176. The Morgan fingerprint density at radius 2 is 1.93 bits per heavy atom. The van der Waals surface area contributed by atoms with Crippen LogP contribution in [0.1, 0.15) is 24.4 Å². The SMILES string of the molecule is CC(C)Cc1ccc(-c2csc(C(C#N)=CNc3ccc([N+](=O)[O-])cc3)n2)cc1. The summed E-state index contributed by atoms with van der Waals surface area (Å²) in [6.07, 6.45) is 2.60. The Morgan fingerprint density at radius 1 is 1.24 bits per heavy atom. The number of allylic oxidation sites excluding steroid dienone is 1. The van der Waals surface area contributed by atoms with Crippen molar-refractivity contribution in [2.24, 2.45) is 5.92 Å². The summed E-state index contributed by atoms with van der Waals surface area (Å²) in [7, 11) is 0. The van der Waals surface area contributed by atoms with Crippen molar-refractivity contribution in [2.75, 3.05) is 5.32 Å². The summed E-state index contributed by atoms with van der Waals surface area (Å²) in [5, 5.41) is 25.8. The Balaban J connectivity index is 1.74. The van der Waals surface area contributed by atoms with Crippen LogP contribution in [-0.4, -0.2) is 9.91 Å². The third kappa shape index (κ3) is 5.27. The zero-order valence-electron chi connectivity index (χ0n) is 16.1. The van der Waals surface area contributed by atoms with Crippen molar-refractivity contribution in [3.63, 3.8) is 0 Å². The second-order valence-corrected chi connectivity index (χ2v) is 7.81. The minimum atomic E-state index is -0.452. The van der Waals surface area contributed by atoms with E-state index in [1.807, 2.05) is 5.38 Å². The highest BCUT2D eigenvalue weighted by atomic mass is 32.1. The molecule has 3 rings (SSSR count). The van der Waals surface area contributed by atoms with E-state index >= 15 is 0 Å². The summed E-state index contributed by atoms with van der Waals surface area (Å²) in [4.78, 5) is 14.9. The lowest BCUT2D eigenvalue weighted by Crippen LogP contribution is -1.93. The van der Waals surface area contributed by atoms with Gasteiger partial charge in [-0.15, -0.1) is 11.3 Å². The number of nitro groups is 1. The van der Waals surface area contributed by atoms with Crippen LogP contribution >= 0.6 is 11.3 Å². The lowest BCUT2D eigenvalue weighted by atomic mass is 10.0. The number of anilines is 1. The maximum Gasteiger partial charge on any atom is 0.269 e. The molecule has 0 saturated heterocycles. The lowest BCUT2D eigenvalue weighted by molar-refractivity contribution is -0.384. The van der Waals surface area contributed by atoms with Crippen molar-refractivity contribution < 1.29 is 4.92 Å². The predicted octanol–water partition coefficient (Wildman–Crippen LogP) is 5.89. The number of nitro benzene ring substituents is 1. The van der Waals surface area contributed by atoms with Gasteiger partial charge in [-0.1, -0.05) is 38.1 Å². The molecular formula is C22H20N4O2S. The molecule has 7 heteroatoms. The summed E-state index contributed by atoms with van der Waals surface area (Å²) in [6, 6.07) is 16.5. The van der Waals surface area contributed by atoms with Gasteiger partial charge in [-0.3, -0.25) is 10.1 Å². The molecule has 0 aliphatic heterocycles. The fourth-order valence-corrected chi connectivity index (χ4v) is 3.58. The molecule has 0 radical (unpaired) electrons. The Hall–Kier alpha value is -3.50. The molecule has 1 N–H and O–H groups in total. The molecule has 2 aromatic carbocycles. The Morgan fingerprint density at radius 3 is 2.52 bits per heavy atom. The van der Waals surface area contributed by atoms with Gasteiger partial charge in [0.1, 0.15) is 16.6 Å². The zero-order valence-corrected chi connectivity index (χ0v) is 16.9. The smallest absolute Gasteiger partial charge is 0.269 e. The number of rotatable bonds is 7. The first-order valence-electron chi connectivity index (χ1n) is 9.12. The molecule has 146 valence electrons. The van der Waals surface area contributed by atoms with Crippen LogP contribution in [0.4, 0.5) is 11.4 Å². The number of nitriles is 1. The lowest BCUT2D eigenvalue weighted by Gasteiger charge is -2.05. The molecule has 0 saturated carbocycles. The van der Waals surface area contributed by atoms with Crippen LogP contribution < -0.4 is 5.32 Å². The van der Waals surface area contributed by atoms with Gasteiger partial charge in [0, 0.05) is 35.0 Å². The molecule has 0 fully saturated rings. The third-order valence-corrected chi connectivity index (χ3v) is 5.09. The van der Waals surface area contributed by atoms with E-state index in [0.717, 1.165) is 17.7 Å². The Kier molecular flexibility index (Phi) is 6.37. The number of nitrogens with zero attached hydrogens (tertiary/aromatic N) is 3. The molecule has 0 spiro atoms. The monoisotopic (exact) mass is 404 g/mol. The average molecular weight is 404 g/mol. The van der Waals surface area contributed by atoms with E-state index in [-0.39, 0.29) is 5.69 Å². The fraction of sp³-hybridized carbons (Fsp3) is 0.182. The molecule has 1 aromatic heterocycles. The van der Waals surface area contributed by atoms with E-state index in [4.69, 9.17) is 0 Å². The van der Waals surface area contributed by atoms with Gasteiger partial charge in [0.2, 0.25) is 0 Å². The van der Waals surface area contributed by atoms with E-state index < -0.39 is 4.92 Å². The van der Waals surface area contributed by atoms with Gasteiger partial charge in [-0.25, -0.2) is 4.98 Å². The highest BCUT2D eigenvalue weighted by Crippen LogP contribution is 2.27. The minimum Gasteiger partial charge on any atom is -0.360 e. The number of hydrogen-bond donors (Lipinski definition) is 1. The molecule has 6 nitrogen and oxygen atoms in total. The van der Waals surface area contributed by atoms with Crippen molar-refractivity contribution in [3.8, 4) is 17.3 Å². The van der Waals surface area contributed by atoms with Crippen LogP contribution in [0.3, 0.4) is 0 Å². The molecule has 29 heavy (non-hydrogen) atoms. The first-order chi connectivity index (χ1) is 14.0. The van der Waals surface area contributed by atoms with E-state index in [9.17, 15) is 15.4 Å². The standard InChI is InChI=1S/C22H20N4O2S/c1-15(2)11-16-3-5-17(6-4-16)21-14-29-22(25-21)18(12-23)13-24-19-7-9-20(10-8-19)26(27)28/h3-10,13-15,24H,11H2,1-2H3. The van der Waals surface area contributed by atoms with Crippen molar-refractivity contribution in [1.29, 1.82) is 5.26 Å². The van der Waals surface area contributed by atoms with Gasteiger partial charge in [-0.2, -0.15) is 5.26 Å². The summed E-state index contributed by atoms with van der Waals surface area (Å²) in [6.45, 7) is 4.39. The highest BCUT2D eigenvalue weighted by molar-refractivity contribution is 7.11. The van der Waals surface area contributed by atoms with E-state index in [1.165, 1.54) is 29.0 Å². The Labute approximate surface area is 173 Å². The summed E-state index contributed by atoms with van der Waals surface area (Å²) < 4.78 is 0. The van der Waals surface area contributed by atoms with Crippen molar-refractivity contribution in [1.82, 2.24) is 4.98 Å². The molecule has 0 amide bonds. The highest BCUT2D eigenvalue weighted by Gasteiger charge is 2.10. The van der Waals surface area contributed by atoms with Crippen LogP contribution in [0, 0.1) is 27.4 Å². The zero-order chi connectivity index (χ0) is 20.8. The topological polar surface area (TPSA) is 91.8 Å². The molecule has 1 heterocycles. The predicted molar refractivity (Wildman–Crippen MR) is 116 cm³/mol. The summed E-state index contributed by atoms with van der Waals surface area (Å²) in [5.74, 6) is 0.610.